The first kappa shape index (κ1) is 25.6. The van der Waals surface area contributed by atoms with Crippen molar-refractivity contribution in [2.24, 2.45) is 0 Å². The van der Waals surface area contributed by atoms with Crippen LogP contribution >= 0.6 is 0 Å². The average Bonchev–Trinajstić information content (AvgIpc) is 2.89. The Hall–Kier alpha value is -4.51. The first-order valence-corrected chi connectivity index (χ1v) is 12.9. The molecule has 0 unspecified atom stereocenters. The molecule has 2 heterocycles. The molecule has 4 rings (SSSR count). The number of benzene rings is 2. The molecule has 0 bridgehead atoms. The van der Waals surface area contributed by atoms with Crippen molar-refractivity contribution >= 4 is 50.1 Å². The minimum Gasteiger partial charge on any atom is -0.462 e. The molecule has 4 aromatic rings. The fourth-order valence-corrected chi connectivity index (χ4v) is 4.52. The van der Waals surface area contributed by atoms with E-state index in [2.05, 4.69) is 20.0 Å². The highest BCUT2D eigenvalue weighted by molar-refractivity contribution is 7.92. The van der Waals surface area contributed by atoms with E-state index in [9.17, 15) is 18.0 Å². The molecule has 0 fully saturated rings. The van der Waals surface area contributed by atoms with Gasteiger partial charge < -0.3 is 14.8 Å². The summed E-state index contributed by atoms with van der Waals surface area (Å²) in [6, 6.07) is 15.7. The van der Waals surface area contributed by atoms with Gasteiger partial charge in [-0.25, -0.2) is 23.0 Å². The Kier molecular flexibility index (Phi) is 7.63. The molecule has 0 saturated heterocycles. The molecule has 37 heavy (non-hydrogen) atoms. The summed E-state index contributed by atoms with van der Waals surface area (Å²) in [6.45, 7) is 3.78. The maximum Gasteiger partial charge on any atom is 0.341 e. The first-order valence-electron chi connectivity index (χ1n) is 11.4. The normalized spacial score (nSPS) is 11.1. The second-order valence-electron chi connectivity index (χ2n) is 7.69. The van der Waals surface area contributed by atoms with Crippen LogP contribution in [0.1, 0.15) is 34.6 Å². The van der Waals surface area contributed by atoms with Crippen LogP contribution in [0.2, 0.25) is 0 Å². The predicted molar refractivity (Wildman–Crippen MR) is 138 cm³/mol. The third-order valence-electron chi connectivity index (χ3n) is 5.21. The monoisotopic (exact) mass is 520 g/mol. The molecule has 0 saturated carbocycles. The smallest absolute Gasteiger partial charge is 0.341 e. The summed E-state index contributed by atoms with van der Waals surface area (Å²) in [5, 5.41) is 3.65. The molecule has 0 atom stereocenters. The summed E-state index contributed by atoms with van der Waals surface area (Å²) in [6.07, 6.45) is 2.88. The highest BCUT2D eigenvalue weighted by Gasteiger charge is 2.20. The summed E-state index contributed by atoms with van der Waals surface area (Å²) in [5.74, 6) is -0.906. The Morgan fingerprint density at radius 3 is 2.30 bits per heavy atom. The number of nitrogens with one attached hydrogen (secondary N) is 2. The van der Waals surface area contributed by atoms with E-state index in [-0.39, 0.29) is 29.5 Å². The van der Waals surface area contributed by atoms with E-state index in [1.54, 1.807) is 62.4 Å². The number of ether oxygens (including phenoxy) is 2. The van der Waals surface area contributed by atoms with Crippen molar-refractivity contribution in [2.75, 3.05) is 23.3 Å². The minimum atomic E-state index is -3.86. The highest BCUT2D eigenvalue weighted by atomic mass is 32.2. The van der Waals surface area contributed by atoms with E-state index in [1.807, 2.05) is 0 Å². The summed E-state index contributed by atoms with van der Waals surface area (Å²) >= 11 is 0. The van der Waals surface area contributed by atoms with Gasteiger partial charge in [0.1, 0.15) is 11.4 Å². The van der Waals surface area contributed by atoms with Crippen LogP contribution in [0.4, 0.5) is 17.2 Å². The van der Waals surface area contributed by atoms with Gasteiger partial charge in [-0.3, -0.25) is 9.71 Å². The van der Waals surface area contributed by atoms with Gasteiger partial charge in [0, 0.05) is 23.5 Å². The van der Waals surface area contributed by atoms with Crippen LogP contribution in [0, 0.1) is 0 Å². The van der Waals surface area contributed by atoms with Crippen LogP contribution in [0.15, 0.2) is 78.0 Å². The molecule has 2 aromatic heterocycles. The quantitative estimate of drug-likeness (QED) is 0.305. The number of anilines is 3. The standard InChI is InChI=1S/C26H24N4O6S/c1-3-35-25(31)17-8-13-22-20(15-17)24(21(16-28-22)26(32)36-4-2)29-18-9-11-19(12-10-18)37(33,34)30-23-7-5-6-14-27-23/h5-16H,3-4H2,1-2H3,(H,27,30)(H,28,29). The molecular weight excluding hydrogens is 496 g/mol. The Balaban J connectivity index is 1.71. The molecule has 0 aliphatic heterocycles. The lowest BCUT2D eigenvalue weighted by Crippen LogP contribution is -2.13. The number of nitrogens with zero attached hydrogens (tertiary/aromatic N) is 2. The lowest BCUT2D eigenvalue weighted by Gasteiger charge is -2.15. The van der Waals surface area contributed by atoms with Gasteiger partial charge in [0.05, 0.1) is 34.9 Å². The zero-order valence-corrected chi connectivity index (χ0v) is 20.9. The number of sulfonamides is 1. The van der Waals surface area contributed by atoms with Crippen LogP contribution in [0.3, 0.4) is 0 Å². The summed E-state index contributed by atoms with van der Waals surface area (Å²) in [7, 11) is -3.86. The SMILES string of the molecule is CCOC(=O)c1ccc2ncc(C(=O)OCC)c(Nc3ccc(S(=O)(=O)Nc4ccccn4)cc3)c2c1. The highest BCUT2D eigenvalue weighted by Crippen LogP contribution is 2.31. The van der Waals surface area contributed by atoms with E-state index >= 15 is 0 Å². The van der Waals surface area contributed by atoms with Gasteiger partial charge in [-0.2, -0.15) is 0 Å². The van der Waals surface area contributed by atoms with Gasteiger partial charge in [-0.15, -0.1) is 0 Å². The van der Waals surface area contributed by atoms with Crippen molar-refractivity contribution in [3.05, 3.63) is 84.2 Å². The Morgan fingerprint density at radius 2 is 1.62 bits per heavy atom. The van der Waals surface area contributed by atoms with E-state index in [0.29, 0.717) is 27.8 Å². The second kappa shape index (κ2) is 11.0. The molecule has 0 amide bonds. The first-order chi connectivity index (χ1) is 17.8. The van der Waals surface area contributed by atoms with Gasteiger partial charge in [0.15, 0.2) is 0 Å². The van der Waals surface area contributed by atoms with Crippen LogP contribution in [-0.4, -0.2) is 43.5 Å². The number of carbonyl (C=O) groups excluding carboxylic acids is 2. The van der Waals surface area contributed by atoms with Gasteiger partial charge in [-0.05, 0) is 68.4 Å². The molecule has 0 aliphatic carbocycles. The molecular formula is C26H24N4O6S. The fraction of sp³-hybridized carbons (Fsp3) is 0.154. The fourth-order valence-electron chi connectivity index (χ4n) is 3.51. The van der Waals surface area contributed by atoms with Crippen molar-refractivity contribution in [3.63, 3.8) is 0 Å². The summed E-state index contributed by atoms with van der Waals surface area (Å²) in [5.41, 5.74) is 1.83. The number of hydrogen-bond acceptors (Lipinski definition) is 9. The largest absolute Gasteiger partial charge is 0.462 e. The molecule has 0 spiro atoms. The van der Waals surface area contributed by atoms with Crippen molar-refractivity contribution in [1.82, 2.24) is 9.97 Å². The number of rotatable bonds is 9. The molecule has 190 valence electrons. The van der Waals surface area contributed by atoms with E-state index < -0.39 is 22.0 Å². The van der Waals surface area contributed by atoms with Crippen molar-refractivity contribution in [1.29, 1.82) is 0 Å². The molecule has 0 aliphatic rings. The van der Waals surface area contributed by atoms with Gasteiger partial charge in [0.2, 0.25) is 0 Å². The average molecular weight is 521 g/mol. The van der Waals surface area contributed by atoms with E-state index in [4.69, 9.17) is 9.47 Å². The molecule has 0 radical (unpaired) electrons. The molecule has 2 aromatic carbocycles. The number of pyridine rings is 2. The number of aromatic nitrogens is 2. The number of esters is 2. The number of carbonyl (C=O) groups is 2. The third kappa shape index (κ3) is 5.84. The second-order valence-corrected chi connectivity index (χ2v) is 9.37. The van der Waals surface area contributed by atoms with Crippen molar-refractivity contribution < 1.29 is 27.5 Å². The zero-order chi connectivity index (χ0) is 26.4. The number of fused-ring (bicyclic) bond motifs is 1. The van der Waals surface area contributed by atoms with Crippen molar-refractivity contribution in [2.45, 2.75) is 18.7 Å². The maximum atomic E-state index is 12.7. The van der Waals surface area contributed by atoms with E-state index in [1.165, 1.54) is 24.5 Å². The summed E-state index contributed by atoms with van der Waals surface area (Å²) < 4.78 is 38.2. The van der Waals surface area contributed by atoms with Gasteiger partial charge >= 0.3 is 11.9 Å². The third-order valence-corrected chi connectivity index (χ3v) is 6.58. The van der Waals surface area contributed by atoms with Crippen LogP contribution in [0.25, 0.3) is 10.9 Å². The lowest BCUT2D eigenvalue weighted by molar-refractivity contribution is 0.0518. The Bertz CT molecular complexity index is 1540. The van der Waals surface area contributed by atoms with Crippen molar-refractivity contribution in [3.8, 4) is 0 Å². The Labute approximate surface area is 213 Å². The molecule has 11 heteroatoms. The van der Waals surface area contributed by atoms with Gasteiger partial charge in [-0.1, -0.05) is 6.07 Å². The zero-order valence-electron chi connectivity index (χ0n) is 20.1. The lowest BCUT2D eigenvalue weighted by atomic mass is 10.1. The molecule has 2 N–H and O–H groups in total. The summed E-state index contributed by atoms with van der Waals surface area (Å²) in [4.78, 5) is 33.4. The van der Waals surface area contributed by atoms with Gasteiger partial charge in [0.25, 0.3) is 10.0 Å². The van der Waals surface area contributed by atoms with Crippen LogP contribution < -0.4 is 10.0 Å². The topological polar surface area (TPSA) is 137 Å². The predicted octanol–water partition coefficient (Wildman–Crippen LogP) is 4.53. The number of hydrogen-bond donors (Lipinski definition) is 2. The Morgan fingerprint density at radius 1 is 0.892 bits per heavy atom. The minimum absolute atomic E-state index is 0.0264. The van der Waals surface area contributed by atoms with Crippen LogP contribution in [0.5, 0.6) is 0 Å². The van der Waals surface area contributed by atoms with E-state index in [0.717, 1.165) is 0 Å². The van der Waals surface area contributed by atoms with Crippen LogP contribution in [-0.2, 0) is 19.5 Å². The molecule has 10 nitrogen and oxygen atoms in total. The maximum absolute atomic E-state index is 12.7.